The molecule has 0 amide bonds. The van der Waals surface area contributed by atoms with Crippen molar-refractivity contribution < 1.29 is 9.90 Å². The number of hydrogen-bond donors (Lipinski definition) is 2. The van der Waals surface area contributed by atoms with Gasteiger partial charge in [0.1, 0.15) is 5.69 Å². The van der Waals surface area contributed by atoms with Crippen molar-refractivity contribution in [2.45, 2.75) is 6.42 Å². The van der Waals surface area contributed by atoms with Gasteiger partial charge in [-0.05, 0) is 5.56 Å². The van der Waals surface area contributed by atoms with Crippen LogP contribution >= 0.6 is 0 Å². The predicted molar refractivity (Wildman–Crippen MR) is 61.6 cm³/mol. The largest absolute Gasteiger partial charge is 0.481 e. The van der Waals surface area contributed by atoms with Crippen LogP contribution in [-0.4, -0.2) is 21.3 Å². The monoisotopic (exact) mass is 230 g/mol. The van der Waals surface area contributed by atoms with E-state index in [-0.39, 0.29) is 17.5 Å². The van der Waals surface area contributed by atoms with Crippen LogP contribution in [0.25, 0.3) is 11.3 Å². The summed E-state index contributed by atoms with van der Waals surface area (Å²) in [6, 6.07) is 10.6. The molecule has 2 N–H and O–H groups in total. The molecule has 0 fully saturated rings. The van der Waals surface area contributed by atoms with Gasteiger partial charge in [0.25, 0.3) is 0 Å². The normalized spacial score (nSPS) is 10.1. The second kappa shape index (κ2) is 4.61. The number of hydrogen-bond acceptors (Lipinski definition) is 3. The molecule has 0 aliphatic carbocycles. The van der Waals surface area contributed by atoms with E-state index in [2.05, 4.69) is 10.2 Å². The summed E-state index contributed by atoms with van der Waals surface area (Å²) in [6.45, 7) is 0. The number of aromatic nitrogens is 2. The van der Waals surface area contributed by atoms with E-state index in [0.717, 1.165) is 5.56 Å². The molecule has 17 heavy (non-hydrogen) atoms. The molecule has 1 aromatic heterocycles. The average Bonchev–Trinajstić information content (AvgIpc) is 2.32. The van der Waals surface area contributed by atoms with Crippen molar-refractivity contribution in [3.63, 3.8) is 0 Å². The zero-order valence-corrected chi connectivity index (χ0v) is 8.88. The highest BCUT2D eigenvalue weighted by Gasteiger charge is 2.08. The van der Waals surface area contributed by atoms with Crippen molar-refractivity contribution in [2.24, 2.45) is 0 Å². The van der Waals surface area contributed by atoms with Gasteiger partial charge < -0.3 is 5.11 Å². The number of benzene rings is 1. The second-order valence-corrected chi connectivity index (χ2v) is 3.53. The summed E-state index contributed by atoms with van der Waals surface area (Å²) < 4.78 is 0. The number of rotatable bonds is 3. The Bertz CT molecular complexity index is 590. The summed E-state index contributed by atoms with van der Waals surface area (Å²) in [4.78, 5) is 22.1. The number of H-pyrrole nitrogens is 1. The molecule has 0 unspecified atom stereocenters. The Balaban J connectivity index is 2.38. The third-order valence-corrected chi connectivity index (χ3v) is 2.27. The summed E-state index contributed by atoms with van der Waals surface area (Å²) in [6.07, 6.45) is -0.371. The first kappa shape index (κ1) is 11.1. The van der Waals surface area contributed by atoms with Gasteiger partial charge >= 0.3 is 5.97 Å². The number of carboxylic acid groups (broad SMARTS) is 1. The molecule has 86 valence electrons. The van der Waals surface area contributed by atoms with Gasteiger partial charge in [-0.2, -0.15) is 5.10 Å². The van der Waals surface area contributed by atoms with Gasteiger partial charge in [0.15, 0.2) is 0 Å². The van der Waals surface area contributed by atoms with Crippen LogP contribution in [0.3, 0.4) is 0 Å². The SMILES string of the molecule is O=C(O)Cc1n[nH]c(-c2ccccc2)cc1=O. The minimum atomic E-state index is -1.07. The molecule has 5 nitrogen and oxygen atoms in total. The van der Waals surface area contributed by atoms with Crippen LogP contribution in [0.4, 0.5) is 0 Å². The van der Waals surface area contributed by atoms with E-state index in [9.17, 15) is 9.59 Å². The zero-order chi connectivity index (χ0) is 12.3. The van der Waals surface area contributed by atoms with Gasteiger partial charge in [0.2, 0.25) is 5.43 Å². The van der Waals surface area contributed by atoms with Gasteiger partial charge in [-0.25, -0.2) is 0 Å². The molecule has 2 rings (SSSR count). The van der Waals surface area contributed by atoms with Crippen molar-refractivity contribution >= 4 is 5.97 Å². The van der Waals surface area contributed by atoms with E-state index in [1.807, 2.05) is 30.3 Å². The van der Waals surface area contributed by atoms with Crippen molar-refractivity contribution in [2.75, 3.05) is 0 Å². The van der Waals surface area contributed by atoms with Crippen LogP contribution in [0.1, 0.15) is 5.69 Å². The van der Waals surface area contributed by atoms with E-state index >= 15 is 0 Å². The van der Waals surface area contributed by atoms with E-state index < -0.39 is 5.97 Å². The number of aliphatic carboxylic acids is 1. The maximum atomic E-state index is 11.6. The maximum Gasteiger partial charge on any atom is 0.309 e. The fraction of sp³-hybridized carbons (Fsp3) is 0.0833. The maximum absolute atomic E-state index is 11.6. The van der Waals surface area contributed by atoms with Gasteiger partial charge in [0, 0.05) is 6.07 Å². The summed E-state index contributed by atoms with van der Waals surface area (Å²) >= 11 is 0. The molecule has 0 bridgehead atoms. The first-order chi connectivity index (χ1) is 8.16. The van der Waals surface area contributed by atoms with Crippen LogP contribution in [-0.2, 0) is 11.2 Å². The Labute approximate surface area is 96.7 Å². The molecule has 0 saturated carbocycles. The highest BCUT2D eigenvalue weighted by molar-refractivity contribution is 5.69. The third kappa shape index (κ3) is 2.57. The van der Waals surface area contributed by atoms with Crippen molar-refractivity contribution in [3.8, 4) is 11.3 Å². The Morgan fingerprint density at radius 2 is 2.00 bits per heavy atom. The van der Waals surface area contributed by atoms with Crippen molar-refractivity contribution in [1.82, 2.24) is 10.2 Å². The lowest BCUT2D eigenvalue weighted by Crippen LogP contribution is -2.16. The van der Waals surface area contributed by atoms with Crippen molar-refractivity contribution in [1.29, 1.82) is 0 Å². The Morgan fingerprint density at radius 3 is 2.59 bits per heavy atom. The highest BCUT2D eigenvalue weighted by Crippen LogP contribution is 2.13. The minimum absolute atomic E-state index is 0.0113. The standard InChI is InChI=1S/C12H10N2O3/c15-11-6-9(8-4-2-1-3-5-8)13-14-10(11)7-12(16)17/h1-6H,7H2,(H,13,15)(H,16,17). The molecule has 0 spiro atoms. The van der Waals surface area contributed by atoms with Gasteiger partial charge in [-0.15, -0.1) is 0 Å². The lowest BCUT2D eigenvalue weighted by atomic mass is 10.1. The van der Waals surface area contributed by atoms with Crippen LogP contribution in [0.5, 0.6) is 0 Å². The quantitative estimate of drug-likeness (QED) is 0.826. The molecule has 0 atom stereocenters. The van der Waals surface area contributed by atoms with Crippen molar-refractivity contribution in [3.05, 3.63) is 52.3 Å². The molecule has 0 aliphatic rings. The molecular weight excluding hydrogens is 220 g/mol. The zero-order valence-electron chi connectivity index (χ0n) is 8.88. The Hall–Kier alpha value is -2.43. The first-order valence-electron chi connectivity index (χ1n) is 5.02. The summed E-state index contributed by atoms with van der Waals surface area (Å²) in [5.41, 5.74) is 1.05. The molecule has 0 radical (unpaired) electrons. The summed E-state index contributed by atoms with van der Waals surface area (Å²) in [7, 11) is 0. The molecule has 1 heterocycles. The van der Waals surface area contributed by atoms with E-state index in [0.29, 0.717) is 5.69 Å². The topological polar surface area (TPSA) is 83.0 Å². The molecule has 1 aromatic carbocycles. The van der Waals surface area contributed by atoms with Gasteiger partial charge in [-0.3, -0.25) is 14.7 Å². The summed E-state index contributed by atoms with van der Waals surface area (Å²) in [5.74, 6) is -1.07. The number of carboxylic acids is 1. The van der Waals surface area contributed by atoms with E-state index in [1.165, 1.54) is 6.07 Å². The molecule has 5 heteroatoms. The van der Waals surface area contributed by atoms with Crippen LogP contribution < -0.4 is 5.43 Å². The fourth-order valence-electron chi connectivity index (χ4n) is 1.46. The first-order valence-corrected chi connectivity index (χ1v) is 5.02. The average molecular weight is 230 g/mol. The highest BCUT2D eigenvalue weighted by atomic mass is 16.4. The number of nitrogens with one attached hydrogen (secondary N) is 1. The van der Waals surface area contributed by atoms with Crippen LogP contribution in [0.2, 0.25) is 0 Å². The number of nitrogens with zero attached hydrogens (tertiary/aromatic N) is 1. The smallest absolute Gasteiger partial charge is 0.309 e. The molecule has 2 aromatic rings. The summed E-state index contributed by atoms with van der Waals surface area (Å²) in [5, 5.41) is 15.0. The van der Waals surface area contributed by atoms with E-state index in [4.69, 9.17) is 5.11 Å². The minimum Gasteiger partial charge on any atom is -0.481 e. The molecule has 0 saturated heterocycles. The lowest BCUT2D eigenvalue weighted by molar-refractivity contribution is -0.136. The number of carbonyl (C=O) groups is 1. The van der Waals surface area contributed by atoms with Crippen LogP contribution in [0.15, 0.2) is 41.2 Å². The third-order valence-electron chi connectivity index (χ3n) is 2.27. The van der Waals surface area contributed by atoms with Gasteiger partial charge in [0.05, 0.1) is 12.1 Å². The van der Waals surface area contributed by atoms with Gasteiger partial charge in [-0.1, -0.05) is 30.3 Å². The second-order valence-electron chi connectivity index (χ2n) is 3.53. The van der Waals surface area contributed by atoms with Crippen LogP contribution in [0, 0.1) is 0 Å². The number of aromatic amines is 1. The molecular formula is C12H10N2O3. The fourth-order valence-corrected chi connectivity index (χ4v) is 1.46. The predicted octanol–water partition coefficient (Wildman–Crippen LogP) is 1.06. The van der Waals surface area contributed by atoms with E-state index in [1.54, 1.807) is 0 Å². The Morgan fingerprint density at radius 1 is 1.29 bits per heavy atom. The molecule has 0 aliphatic heterocycles. The lowest BCUT2D eigenvalue weighted by Gasteiger charge is -2.01. The Kier molecular flexibility index (Phi) is 3.00.